The zero-order chi connectivity index (χ0) is 22.3. The molecule has 3 heterocycles. The minimum Gasteiger partial charge on any atom is -0.494 e. The van der Waals surface area contributed by atoms with Crippen molar-refractivity contribution in [1.82, 2.24) is 9.72 Å². The van der Waals surface area contributed by atoms with Crippen molar-refractivity contribution in [2.45, 2.75) is 38.5 Å². The molecule has 170 valence electrons. The van der Waals surface area contributed by atoms with E-state index in [4.69, 9.17) is 4.74 Å². The number of hydrogen-bond acceptors (Lipinski definition) is 2. The monoisotopic (exact) mass is 438 g/mol. The van der Waals surface area contributed by atoms with Gasteiger partial charge in [0.2, 0.25) is 0 Å². The Bertz CT molecular complexity index is 1140. The molecule has 0 bridgehead atoms. The number of piperidine rings is 1. The number of nitrogens with zero attached hydrogens (tertiary/aromatic N) is 1. The van der Waals surface area contributed by atoms with Gasteiger partial charge in [0.25, 0.3) is 0 Å². The van der Waals surface area contributed by atoms with E-state index < -0.39 is 0 Å². The number of aromatic nitrogens is 1. The fourth-order valence-corrected chi connectivity index (χ4v) is 5.07. The normalized spacial score (nSPS) is 16.2. The molecule has 3 nitrogen and oxygen atoms in total. The molecular weight excluding hydrogens is 404 g/mol. The molecule has 5 rings (SSSR count). The smallest absolute Gasteiger partial charge is 0.119 e. The molecule has 0 radical (unpaired) electrons. The first-order valence-electron chi connectivity index (χ1n) is 12.4. The molecule has 2 aromatic carbocycles. The van der Waals surface area contributed by atoms with E-state index >= 15 is 0 Å². The van der Waals surface area contributed by atoms with Gasteiger partial charge in [-0.25, -0.2) is 0 Å². The van der Waals surface area contributed by atoms with Crippen molar-refractivity contribution in [3.63, 3.8) is 0 Å². The van der Waals surface area contributed by atoms with E-state index in [0.29, 0.717) is 0 Å². The van der Waals surface area contributed by atoms with Crippen LogP contribution < -0.4 is 10.1 Å². The average Bonchev–Trinajstić information content (AvgIpc) is 3.25. The SMILES string of the molecule is c1ccc(CCc2c(-c3ccc(OCCCC4CCCNC4)cc3)cn3ccccc23)cc1. The van der Waals surface area contributed by atoms with Crippen molar-refractivity contribution in [3.05, 3.63) is 96.3 Å². The Hall–Kier alpha value is -3.04. The molecule has 1 aliphatic rings. The van der Waals surface area contributed by atoms with Gasteiger partial charge in [0.15, 0.2) is 0 Å². The number of rotatable bonds is 9. The van der Waals surface area contributed by atoms with Gasteiger partial charge in [0.05, 0.1) is 6.61 Å². The highest BCUT2D eigenvalue weighted by molar-refractivity contribution is 5.77. The summed E-state index contributed by atoms with van der Waals surface area (Å²) in [5, 5.41) is 3.50. The Morgan fingerprint density at radius 1 is 0.909 bits per heavy atom. The highest BCUT2D eigenvalue weighted by Gasteiger charge is 2.14. The van der Waals surface area contributed by atoms with Gasteiger partial charge in [-0.05, 0) is 98.5 Å². The van der Waals surface area contributed by atoms with Gasteiger partial charge in [-0.1, -0.05) is 48.5 Å². The molecule has 1 aliphatic heterocycles. The van der Waals surface area contributed by atoms with E-state index in [1.807, 2.05) is 0 Å². The minimum atomic E-state index is 0.800. The van der Waals surface area contributed by atoms with Crippen LogP contribution >= 0.6 is 0 Å². The van der Waals surface area contributed by atoms with Crippen LogP contribution in [0.15, 0.2) is 85.2 Å². The first-order chi connectivity index (χ1) is 16.4. The Balaban J connectivity index is 1.26. The molecule has 0 aliphatic carbocycles. The summed E-state index contributed by atoms with van der Waals surface area (Å²) in [6, 6.07) is 25.9. The molecule has 0 saturated carbocycles. The average molecular weight is 439 g/mol. The molecule has 33 heavy (non-hydrogen) atoms. The van der Waals surface area contributed by atoms with Gasteiger partial charge in [0.1, 0.15) is 5.75 Å². The van der Waals surface area contributed by atoms with E-state index in [1.54, 1.807) is 0 Å². The van der Waals surface area contributed by atoms with Gasteiger partial charge >= 0.3 is 0 Å². The van der Waals surface area contributed by atoms with E-state index in [9.17, 15) is 0 Å². The quantitative estimate of drug-likeness (QED) is 0.300. The maximum atomic E-state index is 6.06. The second-order valence-electron chi connectivity index (χ2n) is 9.23. The molecule has 2 aromatic heterocycles. The fourth-order valence-electron chi connectivity index (χ4n) is 5.07. The van der Waals surface area contributed by atoms with Crippen LogP contribution in [-0.4, -0.2) is 24.1 Å². The number of ether oxygens (including phenoxy) is 1. The van der Waals surface area contributed by atoms with Crippen LogP contribution in [0.2, 0.25) is 0 Å². The van der Waals surface area contributed by atoms with Crippen molar-refractivity contribution in [3.8, 4) is 16.9 Å². The first-order valence-corrected chi connectivity index (χ1v) is 12.4. The van der Waals surface area contributed by atoms with Crippen molar-refractivity contribution in [2.75, 3.05) is 19.7 Å². The number of pyridine rings is 1. The van der Waals surface area contributed by atoms with Crippen LogP contribution in [0.3, 0.4) is 0 Å². The third-order valence-corrected chi connectivity index (χ3v) is 6.89. The van der Waals surface area contributed by atoms with Gasteiger partial charge < -0.3 is 14.5 Å². The summed E-state index contributed by atoms with van der Waals surface area (Å²) in [6.45, 7) is 3.16. The summed E-state index contributed by atoms with van der Waals surface area (Å²) in [5.41, 5.74) is 6.65. The molecular formula is C30H34N2O. The molecule has 1 saturated heterocycles. The molecule has 1 N–H and O–H groups in total. The maximum Gasteiger partial charge on any atom is 0.119 e. The zero-order valence-corrected chi connectivity index (χ0v) is 19.4. The van der Waals surface area contributed by atoms with Crippen molar-refractivity contribution >= 4 is 5.52 Å². The van der Waals surface area contributed by atoms with E-state index in [-0.39, 0.29) is 0 Å². The Morgan fingerprint density at radius 2 is 1.76 bits per heavy atom. The summed E-state index contributed by atoms with van der Waals surface area (Å²) in [5.74, 6) is 1.79. The lowest BCUT2D eigenvalue weighted by molar-refractivity contribution is 0.275. The molecule has 4 aromatic rings. The third-order valence-electron chi connectivity index (χ3n) is 6.89. The molecule has 0 amide bonds. The minimum absolute atomic E-state index is 0.800. The van der Waals surface area contributed by atoms with Gasteiger partial charge in [0, 0.05) is 23.5 Å². The molecule has 1 unspecified atom stereocenters. The summed E-state index contributed by atoms with van der Waals surface area (Å²) in [6.07, 6.45) is 11.5. The van der Waals surface area contributed by atoms with Crippen molar-refractivity contribution in [1.29, 1.82) is 0 Å². The second-order valence-corrected chi connectivity index (χ2v) is 9.23. The highest BCUT2D eigenvalue weighted by Crippen LogP contribution is 2.31. The molecule has 1 atom stereocenters. The predicted molar refractivity (Wildman–Crippen MR) is 137 cm³/mol. The van der Waals surface area contributed by atoms with E-state index in [0.717, 1.165) is 37.5 Å². The van der Waals surface area contributed by atoms with Gasteiger partial charge in [-0.15, -0.1) is 0 Å². The van der Waals surface area contributed by atoms with E-state index in [2.05, 4.69) is 94.9 Å². The highest BCUT2D eigenvalue weighted by atomic mass is 16.5. The lowest BCUT2D eigenvalue weighted by Gasteiger charge is -2.22. The molecule has 1 fully saturated rings. The predicted octanol–water partition coefficient (Wildman–Crippen LogP) is 6.55. The lowest BCUT2D eigenvalue weighted by atomic mass is 9.95. The summed E-state index contributed by atoms with van der Waals surface area (Å²) in [4.78, 5) is 0. The number of fused-ring (bicyclic) bond motifs is 1. The second kappa shape index (κ2) is 10.7. The third kappa shape index (κ3) is 5.48. The van der Waals surface area contributed by atoms with Crippen molar-refractivity contribution < 1.29 is 4.74 Å². The first kappa shape index (κ1) is 21.8. The summed E-state index contributed by atoms with van der Waals surface area (Å²) >= 11 is 0. The fraction of sp³-hybridized carbons (Fsp3) is 0.333. The topological polar surface area (TPSA) is 25.7 Å². The Labute approximate surface area is 197 Å². The lowest BCUT2D eigenvalue weighted by Crippen LogP contribution is -2.29. The van der Waals surface area contributed by atoms with E-state index in [1.165, 1.54) is 60.1 Å². The van der Waals surface area contributed by atoms with Crippen LogP contribution in [-0.2, 0) is 12.8 Å². The van der Waals surface area contributed by atoms with Crippen LogP contribution in [0.25, 0.3) is 16.6 Å². The number of nitrogens with one attached hydrogen (secondary N) is 1. The van der Waals surface area contributed by atoms with Crippen molar-refractivity contribution in [2.24, 2.45) is 5.92 Å². The van der Waals surface area contributed by atoms with Crippen LogP contribution in [0.4, 0.5) is 0 Å². The summed E-state index contributed by atoms with van der Waals surface area (Å²) < 4.78 is 8.31. The Kier molecular flexibility index (Phi) is 7.08. The van der Waals surface area contributed by atoms with Crippen LogP contribution in [0.5, 0.6) is 5.75 Å². The standard InChI is InChI=1S/C30H34N2O/c1-2-8-24(9-3-1)13-18-28-29(23-32-20-5-4-12-30(28)32)26-14-16-27(17-15-26)33-21-7-11-25-10-6-19-31-22-25/h1-5,8-9,12,14-17,20,23,25,31H,6-7,10-11,13,18-19,21-22H2. The Morgan fingerprint density at radius 3 is 2.58 bits per heavy atom. The molecule has 0 spiro atoms. The van der Waals surface area contributed by atoms with Crippen LogP contribution in [0, 0.1) is 5.92 Å². The largest absolute Gasteiger partial charge is 0.494 e. The van der Waals surface area contributed by atoms with Gasteiger partial charge in [-0.3, -0.25) is 0 Å². The maximum absolute atomic E-state index is 6.06. The zero-order valence-electron chi connectivity index (χ0n) is 19.4. The van der Waals surface area contributed by atoms with Gasteiger partial charge in [-0.2, -0.15) is 0 Å². The number of hydrogen-bond donors (Lipinski definition) is 1. The molecule has 3 heteroatoms. The van der Waals surface area contributed by atoms with Crippen LogP contribution in [0.1, 0.15) is 36.8 Å². The number of aryl methyl sites for hydroxylation is 2. The summed E-state index contributed by atoms with van der Waals surface area (Å²) in [7, 11) is 0. The number of benzene rings is 2.